The van der Waals surface area contributed by atoms with Crippen LogP contribution in [-0.2, 0) is 4.74 Å². The van der Waals surface area contributed by atoms with Crippen molar-refractivity contribution in [2.24, 2.45) is 5.41 Å². The van der Waals surface area contributed by atoms with Crippen molar-refractivity contribution in [2.75, 3.05) is 39.5 Å². The predicted octanol–water partition coefficient (Wildman–Crippen LogP) is 1.79. The fourth-order valence-electron chi connectivity index (χ4n) is 3.77. The van der Waals surface area contributed by atoms with Crippen molar-refractivity contribution in [1.29, 1.82) is 0 Å². The van der Waals surface area contributed by atoms with E-state index in [1.807, 2.05) is 0 Å². The number of aliphatic hydroxyl groups is 2. The van der Waals surface area contributed by atoms with E-state index >= 15 is 0 Å². The molecule has 4 nitrogen and oxygen atoms in total. The van der Waals surface area contributed by atoms with Gasteiger partial charge >= 0.3 is 0 Å². The van der Waals surface area contributed by atoms with Crippen LogP contribution < -0.4 is 0 Å². The summed E-state index contributed by atoms with van der Waals surface area (Å²) >= 11 is 0. The molecule has 1 heterocycles. The van der Waals surface area contributed by atoms with Crippen molar-refractivity contribution < 1.29 is 14.9 Å². The second-order valence-electron chi connectivity index (χ2n) is 6.64. The molecule has 2 rings (SSSR count). The first-order valence-corrected chi connectivity index (χ1v) is 8.34. The summed E-state index contributed by atoms with van der Waals surface area (Å²) in [5.74, 6) is 0. The Labute approximate surface area is 123 Å². The van der Waals surface area contributed by atoms with Gasteiger partial charge in [-0.3, -0.25) is 0 Å². The van der Waals surface area contributed by atoms with E-state index in [1.165, 1.54) is 38.5 Å². The van der Waals surface area contributed by atoms with Crippen molar-refractivity contribution >= 4 is 0 Å². The maximum Gasteiger partial charge on any atom is 0.0701 e. The van der Waals surface area contributed by atoms with Gasteiger partial charge in [-0.05, 0) is 25.7 Å². The van der Waals surface area contributed by atoms with Gasteiger partial charge in [-0.2, -0.15) is 0 Å². The van der Waals surface area contributed by atoms with E-state index < -0.39 is 0 Å². The first-order valence-electron chi connectivity index (χ1n) is 8.34. The first kappa shape index (κ1) is 16.2. The molecule has 2 fully saturated rings. The second-order valence-corrected chi connectivity index (χ2v) is 6.64. The first-order chi connectivity index (χ1) is 9.78. The highest BCUT2D eigenvalue weighted by atomic mass is 16.5. The summed E-state index contributed by atoms with van der Waals surface area (Å²) in [4.78, 5) is 2.51. The molecule has 0 aromatic heterocycles. The van der Waals surface area contributed by atoms with E-state index in [1.54, 1.807) is 0 Å². The SMILES string of the molecule is OCCOC1CCN(CC2(CO)CCCCCC2)CC1. The third-order valence-corrected chi connectivity index (χ3v) is 5.04. The molecular formula is C16H31NO3. The lowest BCUT2D eigenvalue weighted by molar-refractivity contribution is -0.0217. The zero-order valence-corrected chi connectivity index (χ0v) is 12.7. The molecule has 20 heavy (non-hydrogen) atoms. The van der Waals surface area contributed by atoms with Crippen LogP contribution in [0.4, 0.5) is 0 Å². The Kier molecular flexibility index (Phi) is 6.75. The van der Waals surface area contributed by atoms with Crippen molar-refractivity contribution in [2.45, 2.75) is 57.5 Å². The molecule has 0 aromatic rings. The van der Waals surface area contributed by atoms with Gasteiger partial charge in [0.05, 0.1) is 19.3 Å². The van der Waals surface area contributed by atoms with Crippen molar-refractivity contribution in [1.82, 2.24) is 4.90 Å². The Morgan fingerprint density at radius 1 is 1.00 bits per heavy atom. The van der Waals surface area contributed by atoms with Crippen LogP contribution in [-0.4, -0.2) is 60.7 Å². The van der Waals surface area contributed by atoms with Crippen molar-refractivity contribution in [3.8, 4) is 0 Å². The number of piperidine rings is 1. The largest absolute Gasteiger partial charge is 0.396 e. The van der Waals surface area contributed by atoms with Crippen LogP contribution in [0.5, 0.6) is 0 Å². The van der Waals surface area contributed by atoms with Gasteiger partial charge in [0.1, 0.15) is 0 Å². The lowest BCUT2D eigenvalue weighted by atomic mass is 9.80. The van der Waals surface area contributed by atoms with Crippen molar-refractivity contribution in [3.05, 3.63) is 0 Å². The minimum Gasteiger partial charge on any atom is -0.396 e. The lowest BCUT2D eigenvalue weighted by Crippen LogP contribution is -2.45. The molecular weight excluding hydrogens is 254 g/mol. The molecule has 0 amide bonds. The highest BCUT2D eigenvalue weighted by Crippen LogP contribution is 2.36. The minimum atomic E-state index is 0.119. The quantitative estimate of drug-likeness (QED) is 0.731. The number of likely N-dealkylation sites (tertiary alicyclic amines) is 1. The van der Waals surface area contributed by atoms with Gasteiger partial charge in [0.15, 0.2) is 0 Å². The molecule has 1 aliphatic heterocycles. The summed E-state index contributed by atoms with van der Waals surface area (Å²) in [6.45, 7) is 4.11. The van der Waals surface area contributed by atoms with Crippen LogP contribution in [0.1, 0.15) is 51.4 Å². The molecule has 1 aliphatic carbocycles. The van der Waals surface area contributed by atoms with E-state index in [0.717, 1.165) is 32.5 Å². The molecule has 1 saturated heterocycles. The van der Waals surface area contributed by atoms with Crippen LogP contribution in [0.3, 0.4) is 0 Å². The highest BCUT2D eigenvalue weighted by molar-refractivity contribution is 4.86. The third kappa shape index (κ3) is 4.69. The van der Waals surface area contributed by atoms with Gasteiger partial charge in [0.25, 0.3) is 0 Å². The zero-order chi connectivity index (χ0) is 14.3. The van der Waals surface area contributed by atoms with E-state index in [0.29, 0.717) is 19.3 Å². The number of hydrogen-bond acceptors (Lipinski definition) is 4. The lowest BCUT2D eigenvalue weighted by Gasteiger charge is -2.40. The van der Waals surface area contributed by atoms with Crippen LogP contribution >= 0.6 is 0 Å². The van der Waals surface area contributed by atoms with Gasteiger partial charge in [0, 0.05) is 31.7 Å². The van der Waals surface area contributed by atoms with Gasteiger partial charge < -0.3 is 19.8 Å². The van der Waals surface area contributed by atoms with Gasteiger partial charge in [-0.1, -0.05) is 25.7 Å². The average Bonchev–Trinajstić information content (AvgIpc) is 2.73. The van der Waals surface area contributed by atoms with Gasteiger partial charge in [0.2, 0.25) is 0 Å². The fourth-order valence-corrected chi connectivity index (χ4v) is 3.77. The van der Waals surface area contributed by atoms with E-state index in [-0.39, 0.29) is 12.0 Å². The minimum absolute atomic E-state index is 0.119. The number of aliphatic hydroxyl groups excluding tert-OH is 2. The Morgan fingerprint density at radius 2 is 1.65 bits per heavy atom. The van der Waals surface area contributed by atoms with Crippen LogP contribution in [0.25, 0.3) is 0 Å². The Morgan fingerprint density at radius 3 is 2.20 bits per heavy atom. The molecule has 0 bridgehead atoms. The zero-order valence-electron chi connectivity index (χ0n) is 12.7. The molecule has 0 unspecified atom stereocenters. The second kappa shape index (κ2) is 8.32. The number of hydrogen-bond donors (Lipinski definition) is 2. The maximum atomic E-state index is 9.89. The Hall–Kier alpha value is -0.160. The number of nitrogens with zero attached hydrogens (tertiary/aromatic N) is 1. The maximum absolute atomic E-state index is 9.89. The molecule has 1 saturated carbocycles. The molecule has 2 N–H and O–H groups in total. The summed E-state index contributed by atoms with van der Waals surface area (Å²) in [5.41, 5.74) is 0.148. The molecule has 0 atom stereocenters. The molecule has 4 heteroatoms. The van der Waals surface area contributed by atoms with E-state index in [9.17, 15) is 5.11 Å². The molecule has 0 radical (unpaired) electrons. The number of rotatable bonds is 6. The highest BCUT2D eigenvalue weighted by Gasteiger charge is 2.33. The van der Waals surface area contributed by atoms with Gasteiger partial charge in [-0.25, -0.2) is 0 Å². The summed E-state index contributed by atoms with van der Waals surface area (Å²) < 4.78 is 5.62. The Bertz CT molecular complexity index is 256. The average molecular weight is 285 g/mol. The number of ether oxygens (including phenoxy) is 1. The summed E-state index contributed by atoms with van der Waals surface area (Å²) in [6, 6.07) is 0. The third-order valence-electron chi connectivity index (χ3n) is 5.04. The van der Waals surface area contributed by atoms with E-state index in [2.05, 4.69) is 4.90 Å². The normalized spacial score (nSPS) is 25.5. The summed E-state index contributed by atoms with van der Waals surface area (Å²) in [6.07, 6.45) is 10.0. The molecule has 0 aromatic carbocycles. The predicted molar refractivity (Wildman–Crippen MR) is 79.7 cm³/mol. The smallest absolute Gasteiger partial charge is 0.0701 e. The van der Waals surface area contributed by atoms with Gasteiger partial charge in [-0.15, -0.1) is 0 Å². The van der Waals surface area contributed by atoms with Crippen LogP contribution in [0.2, 0.25) is 0 Å². The van der Waals surface area contributed by atoms with Crippen LogP contribution in [0.15, 0.2) is 0 Å². The molecule has 0 spiro atoms. The molecule has 2 aliphatic rings. The molecule has 118 valence electrons. The fraction of sp³-hybridized carbons (Fsp3) is 1.00. The summed E-state index contributed by atoms with van der Waals surface area (Å²) in [5, 5.41) is 18.7. The monoisotopic (exact) mass is 285 g/mol. The van der Waals surface area contributed by atoms with Crippen molar-refractivity contribution in [3.63, 3.8) is 0 Å². The standard InChI is InChI=1S/C16H31NO3/c18-11-12-20-15-5-9-17(10-6-15)13-16(14-19)7-3-1-2-4-8-16/h15,18-19H,1-14H2. The topological polar surface area (TPSA) is 52.9 Å². The van der Waals surface area contributed by atoms with E-state index in [4.69, 9.17) is 9.84 Å². The van der Waals surface area contributed by atoms with Crippen LogP contribution in [0, 0.1) is 5.41 Å². The Balaban J connectivity index is 1.78. The summed E-state index contributed by atoms with van der Waals surface area (Å²) in [7, 11) is 0.